The number of para-hydroxylation sites is 1. The highest BCUT2D eigenvalue weighted by Gasteiger charge is 2.32. The van der Waals surface area contributed by atoms with E-state index in [-0.39, 0.29) is 0 Å². The minimum atomic E-state index is 0.682. The van der Waals surface area contributed by atoms with Crippen LogP contribution in [0.25, 0.3) is 21.8 Å². The molecule has 0 spiro atoms. The second-order valence-electron chi connectivity index (χ2n) is 5.24. The van der Waals surface area contributed by atoms with Gasteiger partial charge in [0.05, 0.1) is 5.52 Å². The molecule has 17 heavy (non-hydrogen) atoms. The fourth-order valence-corrected chi connectivity index (χ4v) is 3.27. The summed E-state index contributed by atoms with van der Waals surface area (Å²) in [6, 6.07) is 13.1. The minimum absolute atomic E-state index is 0.682. The molecule has 0 saturated carbocycles. The van der Waals surface area contributed by atoms with Crippen LogP contribution in [-0.2, 0) is 0 Å². The zero-order chi connectivity index (χ0) is 11.6. The van der Waals surface area contributed by atoms with Crippen molar-refractivity contribution in [2.24, 2.45) is 0 Å². The van der Waals surface area contributed by atoms with Gasteiger partial charge in [-0.15, -0.1) is 0 Å². The first-order valence-corrected chi connectivity index (χ1v) is 6.30. The van der Waals surface area contributed by atoms with E-state index >= 15 is 0 Å². The molecule has 1 aliphatic carbocycles. The average molecular weight is 221 g/mol. The Labute approximate surface area is 100 Å². The highest BCUT2D eigenvalue weighted by atomic mass is 14.7. The molecule has 0 amide bonds. The second kappa shape index (κ2) is 2.92. The van der Waals surface area contributed by atoms with Crippen molar-refractivity contribution >= 4 is 21.8 Å². The molecule has 0 saturated heterocycles. The van der Waals surface area contributed by atoms with Crippen LogP contribution in [0.5, 0.6) is 0 Å². The molecular formula is C16H15N. The van der Waals surface area contributed by atoms with Gasteiger partial charge in [-0.1, -0.05) is 44.2 Å². The van der Waals surface area contributed by atoms with Crippen LogP contribution in [0.15, 0.2) is 36.4 Å². The summed E-state index contributed by atoms with van der Waals surface area (Å²) in [5.41, 5.74) is 5.67. The summed E-state index contributed by atoms with van der Waals surface area (Å²) in [4.78, 5) is 3.59. The number of fused-ring (bicyclic) bond motifs is 5. The zero-order valence-corrected chi connectivity index (χ0v) is 10.1. The molecule has 0 fully saturated rings. The fraction of sp³-hybridized carbons (Fsp3) is 0.250. The van der Waals surface area contributed by atoms with E-state index in [1.807, 2.05) is 0 Å². The lowest BCUT2D eigenvalue weighted by Crippen LogP contribution is -2.19. The zero-order valence-electron chi connectivity index (χ0n) is 10.1. The topological polar surface area (TPSA) is 15.8 Å². The van der Waals surface area contributed by atoms with Crippen LogP contribution in [0, 0.1) is 0 Å². The van der Waals surface area contributed by atoms with E-state index in [1.165, 1.54) is 32.9 Å². The van der Waals surface area contributed by atoms with Gasteiger partial charge in [0.25, 0.3) is 0 Å². The number of hydrogen-bond acceptors (Lipinski definition) is 0. The molecule has 2 unspecified atom stereocenters. The quantitative estimate of drug-likeness (QED) is 0.573. The summed E-state index contributed by atoms with van der Waals surface area (Å²) in [5, 5.41) is 2.72. The Morgan fingerprint density at radius 2 is 1.71 bits per heavy atom. The van der Waals surface area contributed by atoms with E-state index in [0.717, 1.165) is 0 Å². The van der Waals surface area contributed by atoms with Gasteiger partial charge in [-0.3, -0.25) is 0 Å². The van der Waals surface area contributed by atoms with Gasteiger partial charge in [-0.2, -0.15) is 0 Å². The molecule has 1 heterocycles. The Balaban J connectivity index is 2.19. The normalized spacial score (nSPS) is 22.7. The van der Waals surface area contributed by atoms with Crippen molar-refractivity contribution in [3.8, 4) is 0 Å². The Hall–Kier alpha value is -1.76. The molecule has 0 bridgehead atoms. The number of rotatable bonds is 0. The number of hydrogen-bond donors (Lipinski definition) is 1. The van der Waals surface area contributed by atoms with Crippen molar-refractivity contribution in [3.05, 3.63) is 47.5 Å². The maximum atomic E-state index is 3.59. The maximum Gasteiger partial charge on any atom is 0.0503 e. The molecule has 3 aromatic rings. The lowest BCUT2D eigenvalue weighted by Gasteiger charge is -2.35. The predicted octanol–water partition coefficient (Wildman–Crippen LogP) is 4.54. The number of aromatic nitrogens is 1. The van der Waals surface area contributed by atoms with Crippen molar-refractivity contribution in [3.63, 3.8) is 0 Å². The molecule has 1 aromatic heterocycles. The maximum absolute atomic E-state index is 3.59. The van der Waals surface area contributed by atoms with E-state index in [1.54, 1.807) is 0 Å². The number of nitrogens with one attached hydrogen (secondary N) is 1. The Bertz CT molecular complexity index is 736. The number of benzene rings is 2. The van der Waals surface area contributed by atoms with Crippen LogP contribution in [-0.4, -0.2) is 4.98 Å². The number of H-pyrrole nitrogens is 1. The van der Waals surface area contributed by atoms with Crippen LogP contribution in [0.4, 0.5) is 0 Å². The molecule has 2 atom stereocenters. The molecule has 1 N–H and O–H groups in total. The van der Waals surface area contributed by atoms with Crippen molar-refractivity contribution in [1.29, 1.82) is 0 Å². The van der Waals surface area contributed by atoms with Gasteiger partial charge < -0.3 is 4.98 Å². The third-order valence-corrected chi connectivity index (χ3v) is 4.45. The summed E-state index contributed by atoms with van der Waals surface area (Å²) < 4.78 is 0. The molecule has 84 valence electrons. The predicted molar refractivity (Wildman–Crippen MR) is 72.6 cm³/mol. The lowest BCUT2D eigenvalue weighted by molar-refractivity contribution is 0.547. The first-order chi connectivity index (χ1) is 8.27. The average Bonchev–Trinajstić information content (AvgIpc) is 2.74. The standard InChI is InChI=1S/C16H15N/c1-9-10(2)15-11(9)7-8-13-12-5-3-4-6-14(12)17-16(13)15/h3-10,17H,1-2H3. The van der Waals surface area contributed by atoms with Gasteiger partial charge in [0.1, 0.15) is 0 Å². The molecule has 0 aliphatic heterocycles. The summed E-state index contributed by atoms with van der Waals surface area (Å²) in [7, 11) is 0. The van der Waals surface area contributed by atoms with Crippen molar-refractivity contribution < 1.29 is 0 Å². The lowest BCUT2D eigenvalue weighted by atomic mass is 9.69. The first kappa shape index (κ1) is 9.29. The van der Waals surface area contributed by atoms with Crippen LogP contribution >= 0.6 is 0 Å². The van der Waals surface area contributed by atoms with Gasteiger partial charge in [0, 0.05) is 16.3 Å². The van der Waals surface area contributed by atoms with E-state index in [4.69, 9.17) is 0 Å². The largest absolute Gasteiger partial charge is 0.354 e. The summed E-state index contributed by atoms with van der Waals surface area (Å²) >= 11 is 0. The van der Waals surface area contributed by atoms with Crippen LogP contribution in [0.3, 0.4) is 0 Å². The first-order valence-electron chi connectivity index (χ1n) is 6.30. The van der Waals surface area contributed by atoms with E-state index in [9.17, 15) is 0 Å². The van der Waals surface area contributed by atoms with Crippen molar-refractivity contribution in [2.75, 3.05) is 0 Å². The van der Waals surface area contributed by atoms with E-state index in [0.29, 0.717) is 11.8 Å². The molecule has 2 aromatic carbocycles. The number of aromatic amines is 1. The molecule has 0 radical (unpaired) electrons. The van der Waals surface area contributed by atoms with Gasteiger partial charge >= 0.3 is 0 Å². The minimum Gasteiger partial charge on any atom is -0.354 e. The highest BCUT2D eigenvalue weighted by Crippen LogP contribution is 2.49. The summed E-state index contributed by atoms with van der Waals surface area (Å²) in [5.74, 6) is 1.39. The van der Waals surface area contributed by atoms with Gasteiger partial charge in [-0.05, 0) is 29.0 Å². The molecule has 1 nitrogen and oxygen atoms in total. The van der Waals surface area contributed by atoms with Crippen LogP contribution in [0.1, 0.15) is 36.8 Å². The third kappa shape index (κ3) is 0.998. The van der Waals surface area contributed by atoms with Crippen LogP contribution in [0.2, 0.25) is 0 Å². The third-order valence-electron chi connectivity index (χ3n) is 4.45. The van der Waals surface area contributed by atoms with E-state index in [2.05, 4.69) is 55.2 Å². The van der Waals surface area contributed by atoms with Crippen LogP contribution < -0.4 is 0 Å². The SMILES string of the molecule is CC1c2ccc3c([nH]c4ccccc43)c2C1C. The summed E-state index contributed by atoms with van der Waals surface area (Å²) in [6.45, 7) is 4.65. The van der Waals surface area contributed by atoms with E-state index < -0.39 is 0 Å². The second-order valence-corrected chi connectivity index (χ2v) is 5.24. The summed E-state index contributed by atoms with van der Waals surface area (Å²) in [6.07, 6.45) is 0. The van der Waals surface area contributed by atoms with Gasteiger partial charge in [-0.25, -0.2) is 0 Å². The van der Waals surface area contributed by atoms with Crippen molar-refractivity contribution in [2.45, 2.75) is 25.7 Å². The van der Waals surface area contributed by atoms with Gasteiger partial charge in [0.15, 0.2) is 0 Å². The highest BCUT2D eigenvalue weighted by molar-refractivity contribution is 6.09. The smallest absolute Gasteiger partial charge is 0.0503 e. The molecule has 1 aliphatic rings. The van der Waals surface area contributed by atoms with Gasteiger partial charge in [0.2, 0.25) is 0 Å². The fourth-order valence-electron chi connectivity index (χ4n) is 3.27. The van der Waals surface area contributed by atoms with Crippen molar-refractivity contribution in [1.82, 2.24) is 4.98 Å². The molecular weight excluding hydrogens is 206 g/mol. The Kier molecular flexibility index (Phi) is 1.60. The Morgan fingerprint density at radius 1 is 0.882 bits per heavy atom. The molecule has 1 heteroatoms. The molecule has 4 rings (SSSR count). The Morgan fingerprint density at radius 3 is 2.59 bits per heavy atom. The monoisotopic (exact) mass is 221 g/mol.